The number of carboxylic acid groups (broad SMARTS) is 1. The number of aliphatic carboxylic acids is 1. The van der Waals surface area contributed by atoms with Crippen molar-refractivity contribution in [3.63, 3.8) is 0 Å². The summed E-state index contributed by atoms with van der Waals surface area (Å²) in [6.45, 7) is 3.64. The summed E-state index contributed by atoms with van der Waals surface area (Å²) in [5, 5.41) is 8.51. The molecule has 76 valence electrons. The SMILES string of the molecule is CCc1c(C)cc(CC(=O)O)oc1=O. The summed E-state index contributed by atoms with van der Waals surface area (Å²) in [5.74, 6) is -0.797. The average molecular weight is 196 g/mol. The maximum atomic E-state index is 11.3. The van der Waals surface area contributed by atoms with Crippen molar-refractivity contribution in [3.8, 4) is 0 Å². The molecule has 0 saturated heterocycles. The minimum Gasteiger partial charge on any atom is -0.481 e. The number of carbonyl (C=O) groups is 1. The molecule has 0 aliphatic rings. The third kappa shape index (κ3) is 2.22. The van der Waals surface area contributed by atoms with Gasteiger partial charge in [0.15, 0.2) is 0 Å². The number of aryl methyl sites for hydroxylation is 1. The minimum absolute atomic E-state index is 0.206. The Balaban J connectivity index is 3.14. The van der Waals surface area contributed by atoms with Crippen LogP contribution >= 0.6 is 0 Å². The molecule has 1 N–H and O–H groups in total. The Labute approximate surface area is 81.2 Å². The quantitative estimate of drug-likeness (QED) is 0.787. The summed E-state index contributed by atoms with van der Waals surface area (Å²) in [5.41, 5.74) is 0.975. The van der Waals surface area contributed by atoms with Gasteiger partial charge in [0.2, 0.25) is 0 Å². The summed E-state index contributed by atoms with van der Waals surface area (Å²) in [7, 11) is 0. The van der Waals surface area contributed by atoms with Gasteiger partial charge in [-0.2, -0.15) is 0 Å². The van der Waals surface area contributed by atoms with Gasteiger partial charge in [-0.25, -0.2) is 4.79 Å². The van der Waals surface area contributed by atoms with Crippen LogP contribution in [0, 0.1) is 6.92 Å². The zero-order valence-corrected chi connectivity index (χ0v) is 8.16. The Morgan fingerprint density at radius 1 is 1.57 bits per heavy atom. The van der Waals surface area contributed by atoms with Crippen molar-refractivity contribution >= 4 is 5.97 Å². The first-order chi connectivity index (χ1) is 6.54. The molecule has 0 saturated carbocycles. The Morgan fingerprint density at radius 2 is 2.21 bits per heavy atom. The highest BCUT2D eigenvalue weighted by Crippen LogP contribution is 2.07. The Kier molecular flexibility index (Phi) is 3.06. The van der Waals surface area contributed by atoms with E-state index in [0.29, 0.717) is 12.0 Å². The van der Waals surface area contributed by atoms with E-state index in [1.54, 1.807) is 13.0 Å². The Bertz CT molecular complexity index is 403. The van der Waals surface area contributed by atoms with Crippen LogP contribution < -0.4 is 5.63 Å². The molecule has 4 heteroatoms. The number of rotatable bonds is 3. The fourth-order valence-electron chi connectivity index (χ4n) is 1.36. The second-order valence-corrected chi connectivity index (χ2v) is 3.09. The smallest absolute Gasteiger partial charge is 0.339 e. The number of hydrogen-bond donors (Lipinski definition) is 1. The van der Waals surface area contributed by atoms with Gasteiger partial charge in [0.05, 0.1) is 0 Å². The van der Waals surface area contributed by atoms with E-state index >= 15 is 0 Å². The summed E-state index contributed by atoms with van der Waals surface area (Å²) in [6, 6.07) is 1.61. The summed E-state index contributed by atoms with van der Waals surface area (Å²) in [6.07, 6.45) is 0.349. The van der Waals surface area contributed by atoms with Crippen LogP contribution in [0.15, 0.2) is 15.3 Å². The van der Waals surface area contributed by atoms with Gasteiger partial charge in [-0.3, -0.25) is 4.79 Å². The highest BCUT2D eigenvalue weighted by atomic mass is 16.4. The third-order valence-electron chi connectivity index (χ3n) is 2.00. The fraction of sp³-hybridized carbons (Fsp3) is 0.400. The molecule has 14 heavy (non-hydrogen) atoms. The Morgan fingerprint density at radius 3 is 2.64 bits per heavy atom. The minimum atomic E-state index is -1.00. The molecule has 0 fully saturated rings. The van der Waals surface area contributed by atoms with Crippen LogP contribution in [0.1, 0.15) is 23.8 Å². The molecule has 0 spiro atoms. The van der Waals surface area contributed by atoms with Gasteiger partial charge in [-0.1, -0.05) is 6.92 Å². The van der Waals surface area contributed by atoms with Crippen LogP contribution in [-0.2, 0) is 17.6 Å². The third-order valence-corrected chi connectivity index (χ3v) is 2.00. The van der Waals surface area contributed by atoms with E-state index in [1.807, 2.05) is 6.92 Å². The topological polar surface area (TPSA) is 67.5 Å². The molecule has 0 unspecified atom stereocenters. The Hall–Kier alpha value is -1.58. The van der Waals surface area contributed by atoms with Crippen molar-refractivity contribution in [2.45, 2.75) is 26.7 Å². The van der Waals surface area contributed by atoms with Crippen molar-refractivity contribution in [3.05, 3.63) is 33.4 Å². The largest absolute Gasteiger partial charge is 0.481 e. The van der Waals surface area contributed by atoms with E-state index in [-0.39, 0.29) is 12.2 Å². The lowest BCUT2D eigenvalue weighted by Gasteiger charge is -2.02. The van der Waals surface area contributed by atoms with Crippen molar-refractivity contribution < 1.29 is 14.3 Å². The molecule has 0 aliphatic carbocycles. The lowest BCUT2D eigenvalue weighted by atomic mass is 10.1. The molecular weight excluding hydrogens is 184 g/mol. The molecular formula is C10H12O4. The summed E-state index contributed by atoms with van der Waals surface area (Å²) >= 11 is 0. The van der Waals surface area contributed by atoms with Gasteiger partial charge in [0, 0.05) is 5.56 Å². The molecule has 1 aromatic heterocycles. The van der Waals surface area contributed by atoms with Gasteiger partial charge in [-0.15, -0.1) is 0 Å². The molecule has 1 rings (SSSR count). The highest BCUT2D eigenvalue weighted by Gasteiger charge is 2.09. The van der Waals surface area contributed by atoms with Crippen LogP contribution in [0.25, 0.3) is 0 Å². The van der Waals surface area contributed by atoms with Crippen molar-refractivity contribution in [1.82, 2.24) is 0 Å². The van der Waals surface area contributed by atoms with Gasteiger partial charge in [0.25, 0.3) is 0 Å². The molecule has 0 bridgehead atoms. The van der Waals surface area contributed by atoms with E-state index in [4.69, 9.17) is 9.52 Å². The summed E-state index contributed by atoms with van der Waals surface area (Å²) < 4.78 is 4.85. The lowest BCUT2D eigenvalue weighted by Crippen LogP contribution is -2.12. The van der Waals surface area contributed by atoms with Gasteiger partial charge >= 0.3 is 11.6 Å². The fourth-order valence-corrected chi connectivity index (χ4v) is 1.36. The molecule has 0 amide bonds. The first-order valence-corrected chi connectivity index (χ1v) is 4.39. The average Bonchev–Trinajstić information content (AvgIpc) is 2.01. The van der Waals surface area contributed by atoms with Gasteiger partial charge in [0.1, 0.15) is 12.2 Å². The molecule has 0 atom stereocenters. The predicted molar refractivity (Wildman–Crippen MR) is 50.4 cm³/mol. The van der Waals surface area contributed by atoms with E-state index in [1.165, 1.54) is 0 Å². The van der Waals surface area contributed by atoms with E-state index in [2.05, 4.69) is 0 Å². The molecule has 0 radical (unpaired) electrons. The van der Waals surface area contributed by atoms with E-state index in [9.17, 15) is 9.59 Å². The molecule has 1 aromatic rings. The second kappa shape index (κ2) is 4.09. The van der Waals surface area contributed by atoms with Crippen molar-refractivity contribution in [2.24, 2.45) is 0 Å². The normalized spacial score (nSPS) is 10.1. The zero-order chi connectivity index (χ0) is 10.7. The second-order valence-electron chi connectivity index (χ2n) is 3.09. The molecule has 1 heterocycles. The van der Waals surface area contributed by atoms with Crippen LogP contribution in [0.5, 0.6) is 0 Å². The number of carboxylic acids is 1. The van der Waals surface area contributed by atoms with Crippen LogP contribution in [0.3, 0.4) is 0 Å². The van der Waals surface area contributed by atoms with E-state index in [0.717, 1.165) is 5.56 Å². The number of hydrogen-bond acceptors (Lipinski definition) is 3. The molecule has 0 aliphatic heterocycles. The maximum absolute atomic E-state index is 11.3. The van der Waals surface area contributed by atoms with Crippen LogP contribution in [-0.4, -0.2) is 11.1 Å². The molecule has 4 nitrogen and oxygen atoms in total. The van der Waals surface area contributed by atoms with Crippen LogP contribution in [0.2, 0.25) is 0 Å². The standard InChI is InChI=1S/C10H12O4/c1-3-8-6(2)4-7(5-9(11)12)14-10(8)13/h4H,3,5H2,1-2H3,(H,11,12). The molecule has 0 aromatic carbocycles. The van der Waals surface area contributed by atoms with Gasteiger partial charge < -0.3 is 9.52 Å². The first kappa shape index (κ1) is 10.5. The summed E-state index contributed by atoms with van der Waals surface area (Å²) in [4.78, 5) is 21.7. The maximum Gasteiger partial charge on any atom is 0.339 e. The predicted octanol–water partition coefficient (Wildman–Crippen LogP) is 1.14. The monoisotopic (exact) mass is 196 g/mol. The van der Waals surface area contributed by atoms with Crippen molar-refractivity contribution in [2.75, 3.05) is 0 Å². The lowest BCUT2D eigenvalue weighted by molar-refractivity contribution is -0.136. The van der Waals surface area contributed by atoms with Crippen molar-refractivity contribution in [1.29, 1.82) is 0 Å². The first-order valence-electron chi connectivity index (χ1n) is 4.39. The zero-order valence-electron chi connectivity index (χ0n) is 8.16. The van der Waals surface area contributed by atoms with Crippen LogP contribution in [0.4, 0.5) is 0 Å². The van der Waals surface area contributed by atoms with Gasteiger partial charge in [-0.05, 0) is 25.0 Å². The van der Waals surface area contributed by atoms with E-state index < -0.39 is 11.6 Å². The highest BCUT2D eigenvalue weighted by molar-refractivity contribution is 5.69.